The Morgan fingerprint density at radius 3 is 2.68 bits per heavy atom. The van der Waals surface area contributed by atoms with Crippen LogP contribution in [0.4, 0.5) is 13.2 Å². The van der Waals surface area contributed by atoms with E-state index >= 15 is 0 Å². The number of nitrogens with zero attached hydrogens (tertiary/aromatic N) is 2. The van der Waals surface area contributed by atoms with Gasteiger partial charge in [0.15, 0.2) is 6.61 Å². The topological polar surface area (TPSA) is 85.5 Å². The van der Waals surface area contributed by atoms with Crippen LogP contribution in [0, 0.1) is 5.92 Å². The highest BCUT2D eigenvalue weighted by molar-refractivity contribution is 6.32. The van der Waals surface area contributed by atoms with E-state index < -0.39 is 36.4 Å². The molecule has 6 nitrogen and oxygen atoms in total. The van der Waals surface area contributed by atoms with Crippen molar-refractivity contribution in [2.75, 3.05) is 13.2 Å². The highest BCUT2D eigenvalue weighted by Crippen LogP contribution is 2.28. The van der Waals surface area contributed by atoms with E-state index in [0.29, 0.717) is 12.8 Å². The highest BCUT2D eigenvalue weighted by atomic mass is 35.5. The Balaban J connectivity index is 2.13. The van der Waals surface area contributed by atoms with Crippen LogP contribution >= 0.6 is 11.6 Å². The van der Waals surface area contributed by atoms with Crippen molar-refractivity contribution in [2.45, 2.75) is 32.0 Å². The molecule has 2 amide bonds. The third-order valence-electron chi connectivity index (χ3n) is 3.97. The highest BCUT2D eigenvalue weighted by Gasteiger charge is 2.33. The lowest BCUT2D eigenvalue weighted by Gasteiger charge is -2.36. The van der Waals surface area contributed by atoms with Gasteiger partial charge in [0.2, 0.25) is 11.8 Å². The Morgan fingerprint density at radius 1 is 1.44 bits per heavy atom. The zero-order chi connectivity index (χ0) is 18.8. The first-order chi connectivity index (χ1) is 11.6. The number of piperidine rings is 1. The van der Waals surface area contributed by atoms with Crippen LogP contribution in [0.25, 0.3) is 0 Å². The van der Waals surface area contributed by atoms with Crippen LogP contribution in [0.3, 0.4) is 0 Å². The third-order valence-corrected chi connectivity index (χ3v) is 4.24. The standard InChI is InChI=1S/C15H17ClF3N3O3/c1-8-2-3-9(12(20)23)6-22(8)14(24)10-4-11(16)13(21-5-10)25-7-15(17,18)19/h4-5,8-9H,2-3,6-7H2,1H3,(H2,20,23)/t8-,9-/m1/s1. The summed E-state index contributed by atoms with van der Waals surface area (Å²) >= 11 is 5.86. The van der Waals surface area contributed by atoms with E-state index in [1.807, 2.05) is 6.92 Å². The number of aromatic nitrogens is 1. The number of halogens is 4. The molecule has 2 atom stereocenters. The summed E-state index contributed by atoms with van der Waals surface area (Å²) in [5, 5.41) is -0.203. The number of carbonyl (C=O) groups is 2. The molecule has 0 spiro atoms. The van der Waals surface area contributed by atoms with Crippen LogP contribution in [0.2, 0.25) is 5.02 Å². The largest absolute Gasteiger partial charge is 0.467 e. The Morgan fingerprint density at radius 2 is 2.12 bits per heavy atom. The molecule has 25 heavy (non-hydrogen) atoms. The summed E-state index contributed by atoms with van der Waals surface area (Å²) in [6, 6.07) is 1.09. The molecule has 1 saturated heterocycles. The molecule has 2 heterocycles. The van der Waals surface area contributed by atoms with Crippen molar-refractivity contribution in [1.82, 2.24) is 9.88 Å². The number of ether oxygens (including phenoxy) is 1. The minimum absolute atomic E-state index is 0.0985. The minimum Gasteiger partial charge on any atom is -0.467 e. The van der Waals surface area contributed by atoms with Crippen LogP contribution in [0.5, 0.6) is 5.88 Å². The van der Waals surface area contributed by atoms with E-state index in [1.54, 1.807) is 0 Å². The quantitative estimate of drug-likeness (QED) is 0.870. The van der Waals surface area contributed by atoms with Crippen LogP contribution in [-0.2, 0) is 4.79 Å². The van der Waals surface area contributed by atoms with Crippen LogP contribution in [-0.4, -0.2) is 47.1 Å². The first kappa shape index (κ1) is 19.3. The molecule has 2 rings (SSSR count). The molecule has 0 radical (unpaired) electrons. The fourth-order valence-corrected chi connectivity index (χ4v) is 2.81. The normalized spacial score (nSPS) is 21.1. The van der Waals surface area contributed by atoms with Gasteiger partial charge in [-0.1, -0.05) is 11.6 Å². The van der Waals surface area contributed by atoms with Crippen molar-refractivity contribution in [3.05, 3.63) is 22.8 Å². The number of amides is 2. The van der Waals surface area contributed by atoms with Gasteiger partial charge in [-0.2, -0.15) is 13.2 Å². The SMILES string of the molecule is C[C@@H]1CC[C@@H](C(N)=O)CN1C(=O)c1cnc(OCC(F)(F)F)c(Cl)c1. The summed E-state index contributed by atoms with van der Waals surface area (Å²) < 4.78 is 41.0. The predicted molar refractivity (Wildman–Crippen MR) is 83.2 cm³/mol. The van der Waals surface area contributed by atoms with Crippen molar-refractivity contribution in [3.8, 4) is 5.88 Å². The monoisotopic (exact) mass is 379 g/mol. The number of rotatable bonds is 4. The van der Waals surface area contributed by atoms with Crippen molar-refractivity contribution < 1.29 is 27.5 Å². The Bertz CT molecular complexity index is 669. The van der Waals surface area contributed by atoms with E-state index in [2.05, 4.69) is 9.72 Å². The number of nitrogens with two attached hydrogens (primary N) is 1. The van der Waals surface area contributed by atoms with E-state index in [1.165, 1.54) is 11.0 Å². The van der Waals surface area contributed by atoms with Gasteiger partial charge >= 0.3 is 6.18 Å². The fraction of sp³-hybridized carbons (Fsp3) is 0.533. The van der Waals surface area contributed by atoms with Crippen molar-refractivity contribution in [3.63, 3.8) is 0 Å². The van der Waals surface area contributed by atoms with E-state index in [9.17, 15) is 22.8 Å². The van der Waals surface area contributed by atoms with Gasteiger partial charge in [0.05, 0.1) is 11.5 Å². The van der Waals surface area contributed by atoms with Crippen molar-refractivity contribution in [1.29, 1.82) is 0 Å². The molecular weight excluding hydrogens is 363 g/mol. The first-order valence-corrected chi connectivity index (χ1v) is 7.91. The molecular formula is C15H17ClF3N3O3. The second kappa shape index (κ2) is 7.47. The molecule has 1 aliphatic rings. The van der Waals surface area contributed by atoms with Gasteiger partial charge in [0, 0.05) is 18.8 Å². The van der Waals surface area contributed by atoms with Crippen LogP contribution in [0.15, 0.2) is 12.3 Å². The molecule has 1 fully saturated rings. The zero-order valence-electron chi connectivity index (χ0n) is 13.3. The smallest absolute Gasteiger partial charge is 0.422 e. The summed E-state index contributed by atoms with van der Waals surface area (Å²) in [5.41, 5.74) is 5.41. The molecule has 0 saturated carbocycles. The summed E-state index contributed by atoms with van der Waals surface area (Å²) in [5.74, 6) is -1.73. The number of alkyl halides is 3. The second-order valence-corrected chi connectivity index (χ2v) is 6.31. The van der Waals surface area contributed by atoms with Gasteiger partial charge in [-0.3, -0.25) is 9.59 Å². The predicted octanol–water partition coefficient (Wildman–Crippen LogP) is 2.40. The maximum atomic E-state index is 12.6. The van der Waals surface area contributed by atoms with Crippen LogP contribution in [0.1, 0.15) is 30.1 Å². The molecule has 1 aromatic rings. The van der Waals surface area contributed by atoms with Crippen molar-refractivity contribution in [2.24, 2.45) is 11.7 Å². The van der Waals surface area contributed by atoms with E-state index in [-0.39, 0.29) is 23.2 Å². The van der Waals surface area contributed by atoms with Crippen molar-refractivity contribution >= 4 is 23.4 Å². The maximum absolute atomic E-state index is 12.6. The summed E-state index contributed by atoms with van der Waals surface area (Å²) in [4.78, 5) is 29.1. The Hall–Kier alpha value is -2.03. The molecule has 138 valence electrons. The van der Waals surface area contributed by atoms with Gasteiger partial charge in [-0.05, 0) is 25.8 Å². The lowest BCUT2D eigenvalue weighted by atomic mass is 9.92. The maximum Gasteiger partial charge on any atom is 0.422 e. The summed E-state index contributed by atoms with van der Waals surface area (Å²) in [7, 11) is 0. The van der Waals surface area contributed by atoms with Gasteiger partial charge in [-0.25, -0.2) is 4.98 Å². The molecule has 0 bridgehead atoms. The average Bonchev–Trinajstić information content (AvgIpc) is 2.52. The average molecular weight is 380 g/mol. The van der Waals surface area contributed by atoms with Gasteiger partial charge in [0.25, 0.3) is 5.91 Å². The second-order valence-electron chi connectivity index (χ2n) is 5.90. The minimum atomic E-state index is -4.52. The number of carbonyl (C=O) groups excluding carboxylic acids is 2. The lowest BCUT2D eigenvalue weighted by molar-refractivity contribution is -0.154. The Kier molecular flexibility index (Phi) is 5.76. The van der Waals surface area contributed by atoms with Gasteiger partial charge in [0.1, 0.15) is 5.02 Å². The molecule has 1 aromatic heterocycles. The van der Waals surface area contributed by atoms with E-state index in [0.717, 1.165) is 6.20 Å². The van der Waals surface area contributed by atoms with E-state index in [4.69, 9.17) is 17.3 Å². The first-order valence-electron chi connectivity index (χ1n) is 7.54. The van der Waals surface area contributed by atoms with Gasteiger partial charge < -0.3 is 15.4 Å². The van der Waals surface area contributed by atoms with Gasteiger partial charge in [-0.15, -0.1) is 0 Å². The number of pyridine rings is 1. The number of likely N-dealkylation sites (tertiary alicyclic amines) is 1. The summed E-state index contributed by atoms with van der Waals surface area (Å²) in [6.45, 7) is 0.487. The van der Waals surface area contributed by atoms with Crippen LogP contribution < -0.4 is 10.5 Å². The molecule has 1 aliphatic heterocycles. The summed E-state index contributed by atoms with van der Waals surface area (Å²) in [6.07, 6.45) is -2.20. The third kappa shape index (κ3) is 4.97. The number of primary amides is 1. The lowest BCUT2D eigenvalue weighted by Crippen LogP contribution is -2.48. The molecule has 10 heteroatoms. The zero-order valence-corrected chi connectivity index (χ0v) is 14.1. The molecule has 0 aliphatic carbocycles. The number of hydrogen-bond acceptors (Lipinski definition) is 4. The molecule has 2 N–H and O–H groups in total. The fourth-order valence-electron chi connectivity index (χ4n) is 2.59. The molecule has 0 aromatic carbocycles. The molecule has 0 unspecified atom stereocenters. The Labute approximate surface area is 147 Å². The number of hydrogen-bond donors (Lipinski definition) is 1.